The molecule has 106 valence electrons. The lowest BCUT2D eigenvalue weighted by atomic mass is 10.1. The second kappa shape index (κ2) is 5.29. The smallest absolute Gasteiger partial charge is 0.336 e. The summed E-state index contributed by atoms with van der Waals surface area (Å²) in [6.45, 7) is 2.75. The van der Waals surface area contributed by atoms with Gasteiger partial charge in [0.25, 0.3) is 0 Å². The number of aromatic nitrogens is 3. The van der Waals surface area contributed by atoms with Crippen LogP contribution in [0.15, 0.2) is 41.1 Å². The summed E-state index contributed by atoms with van der Waals surface area (Å²) < 4.78 is 2.61. The van der Waals surface area contributed by atoms with Crippen molar-refractivity contribution in [1.29, 1.82) is 0 Å². The van der Waals surface area contributed by atoms with Crippen LogP contribution in [0.5, 0.6) is 0 Å². The number of hydrogen-bond donors (Lipinski definition) is 1. The van der Waals surface area contributed by atoms with Crippen LogP contribution >= 0.6 is 15.9 Å². The third-order valence-electron chi connectivity index (χ3n) is 3.25. The molecule has 2 aromatic heterocycles. The van der Waals surface area contributed by atoms with Crippen molar-refractivity contribution < 1.29 is 9.90 Å². The molecule has 0 aliphatic rings. The average Bonchev–Trinajstić information content (AvgIpc) is 2.95. The Morgan fingerprint density at radius 1 is 1.38 bits per heavy atom. The van der Waals surface area contributed by atoms with Crippen molar-refractivity contribution in [2.75, 3.05) is 0 Å². The van der Waals surface area contributed by atoms with Crippen molar-refractivity contribution in [2.45, 2.75) is 13.5 Å². The van der Waals surface area contributed by atoms with Gasteiger partial charge in [0.05, 0.1) is 23.0 Å². The SMILES string of the molecule is CCn1cc(-c2cc(C(=O)O)c3cc(Br)ccc3n2)cn1. The number of benzene rings is 1. The van der Waals surface area contributed by atoms with Crippen LogP contribution in [-0.2, 0) is 6.54 Å². The highest BCUT2D eigenvalue weighted by Gasteiger charge is 2.14. The molecule has 0 unspecified atom stereocenters. The summed E-state index contributed by atoms with van der Waals surface area (Å²) in [7, 11) is 0. The zero-order chi connectivity index (χ0) is 15.0. The molecule has 21 heavy (non-hydrogen) atoms. The van der Waals surface area contributed by atoms with E-state index in [1.54, 1.807) is 29.1 Å². The number of rotatable bonds is 3. The molecule has 1 N–H and O–H groups in total. The van der Waals surface area contributed by atoms with E-state index in [9.17, 15) is 9.90 Å². The molecule has 0 saturated heterocycles. The molecule has 0 radical (unpaired) electrons. The minimum Gasteiger partial charge on any atom is -0.478 e. The highest BCUT2D eigenvalue weighted by atomic mass is 79.9. The molecule has 0 saturated carbocycles. The van der Waals surface area contributed by atoms with Crippen LogP contribution in [0.2, 0.25) is 0 Å². The largest absolute Gasteiger partial charge is 0.478 e. The number of nitrogens with zero attached hydrogens (tertiary/aromatic N) is 3. The summed E-state index contributed by atoms with van der Waals surface area (Å²) >= 11 is 3.36. The normalized spacial score (nSPS) is 11.0. The summed E-state index contributed by atoms with van der Waals surface area (Å²) in [6.07, 6.45) is 3.56. The maximum atomic E-state index is 11.5. The van der Waals surface area contributed by atoms with Crippen molar-refractivity contribution in [3.8, 4) is 11.3 Å². The van der Waals surface area contributed by atoms with Gasteiger partial charge in [-0.05, 0) is 31.2 Å². The highest BCUT2D eigenvalue weighted by Crippen LogP contribution is 2.27. The number of aryl methyl sites for hydroxylation is 1. The summed E-state index contributed by atoms with van der Waals surface area (Å²) in [5.41, 5.74) is 2.31. The van der Waals surface area contributed by atoms with E-state index in [0.717, 1.165) is 16.6 Å². The van der Waals surface area contributed by atoms with E-state index in [4.69, 9.17) is 0 Å². The highest BCUT2D eigenvalue weighted by molar-refractivity contribution is 9.10. The van der Waals surface area contributed by atoms with Crippen molar-refractivity contribution in [1.82, 2.24) is 14.8 Å². The average molecular weight is 346 g/mol. The topological polar surface area (TPSA) is 68.0 Å². The predicted molar refractivity (Wildman–Crippen MR) is 83.3 cm³/mol. The van der Waals surface area contributed by atoms with E-state index >= 15 is 0 Å². The van der Waals surface area contributed by atoms with Gasteiger partial charge in [-0.1, -0.05) is 15.9 Å². The fraction of sp³-hybridized carbons (Fsp3) is 0.133. The molecule has 0 atom stereocenters. The van der Waals surface area contributed by atoms with Gasteiger partial charge in [0.2, 0.25) is 0 Å². The van der Waals surface area contributed by atoms with Crippen LogP contribution in [0.25, 0.3) is 22.2 Å². The standard InChI is InChI=1S/C15H12BrN3O2/c1-2-19-8-9(7-17-19)14-6-12(15(20)21)11-5-10(16)3-4-13(11)18-14/h3-8H,2H2,1H3,(H,20,21). The molecule has 0 spiro atoms. The van der Waals surface area contributed by atoms with E-state index in [1.807, 2.05) is 19.2 Å². The van der Waals surface area contributed by atoms with E-state index in [1.165, 1.54) is 0 Å². The van der Waals surface area contributed by atoms with Crippen molar-refractivity contribution in [2.24, 2.45) is 0 Å². The molecule has 0 bridgehead atoms. The van der Waals surface area contributed by atoms with Gasteiger partial charge < -0.3 is 5.11 Å². The molecule has 0 fully saturated rings. The number of carboxylic acids is 1. The second-order valence-corrected chi connectivity index (χ2v) is 5.52. The molecule has 2 heterocycles. The number of carboxylic acid groups (broad SMARTS) is 1. The number of carbonyl (C=O) groups is 1. The van der Waals surface area contributed by atoms with Gasteiger partial charge in [-0.25, -0.2) is 9.78 Å². The fourth-order valence-corrected chi connectivity index (χ4v) is 2.55. The number of pyridine rings is 1. The molecule has 3 aromatic rings. The van der Waals surface area contributed by atoms with Crippen molar-refractivity contribution >= 4 is 32.8 Å². The van der Waals surface area contributed by atoms with Gasteiger partial charge in [0, 0.05) is 28.2 Å². The van der Waals surface area contributed by atoms with Gasteiger partial charge in [0.15, 0.2) is 0 Å². The van der Waals surface area contributed by atoms with Crippen molar-refractivity contribution in [3.05, 3.63) is 46.7 Å². The Morgan fingerprint density at radius 3 is 2.86 bits per heavy atom. The van der Waals surface area contributed by atoms with Crippen LogP contribution in [0.3, 0.4) is 0 Å². The first kappa shape index (κ1) is 13.8. The molecule has 0 aliphatic carbocycles. The number of halogens is 1. The minimum absolute atomic E-state index is 0.237. The molecule has 0 amide bonds. The van der Waals surface area contributed by atoms with Crippen LogP contribution in [0.4, 0.5) is 0 Å². The molecule has 1 aromatic carbocycles. The molecular formula is C15H12BrN3O2. The first-order valence-corrected chi connectivity index (χ1v) is 7.24. The van der Waals surface area contributed by atoms with E-state index in [0.29, 0.717) is 16.6 Å². The monoisotopic (exact) mass is 345 g/mol. The van der Waals surface area contributed by atoms with Gasteiger partial charge in [-0.3, -0.25) is 4.68 Å². The lowest BCUT2D eigenvalue weighted by Crippen LogP contribution is -2.00. The summed E-state index contributed by atoms with van der Waals surface area (Å²) in [5.74, 6) is -0.968. The zero-order valence-corrected chi connectivity index (χ0v) is 12.8. The Kier molecular flexibility index (Phi) is 3.47. The van der Waals surface area contributed by atoms with Crippen LogP contribution in [0.1, 0.15) is 17.3 Å². The van der Waals surface area contributed by atoms with Gasteiger partial charge in [-0.2, -0.15) is 5.10 Å². The number of hydrogen-bond acceptors (Lipinski definition) is 3. The van der Waals surface area contributed by atoms with Crippen LogP contribution < -0.4 is 0 Å². The predicted octanol–water partition coefficient (Wildman–Crippen LogP) is 3.58. The maximum Gasteiger partial charge on any atom is 0.336 e. The fourth-order valence-electron chi connectivity index (χ4n) is 2.19. The summed E-state index contributed by atoms with van der Waals surface area (Å²) in [4.78, 5) is 16.0. The quantitative estimate of drug-likeness (QED) is 0.787. The Morgan fingerprint density at radius 2 is 2.19 bits per heavy atom. The van der Waals surface area contributed by atoms with Gasteiger partial charge in [0.1, 0.15) is 0 Å². The van der Waals surface area contributed by atoms with E-state index in [-0.39, 0.29) is 5.56 Å². The Hall–Kier alpha value is -2.21. The Labute approximate surface area is 129 Å². The number of aromatic carboxylic acids is 1. The molecule has 5 nitrogen and oxygen atoms in total. The maximum absolute atomic E-state index is 11.5. The molecule has 3 rings (SSSR count). The lowest BCUT2D eigenvalue weighted by molar-refractivity contribution is 0.0699. The Bertz CT molecular complexity index is 842. The third-order valence-corrected chi connectivity index (χ3v) is 3.75. The first-order valence-electron chi connectivity index (χ1n) is 6.45. The van der Waals surface area contributed by atoms with Crippen molar-refractivity contribution in [3.63, 3.8) is 0 Å². The molecular weight excluding hydrogens is 334 g/mol. The van der Waals surface area contributed by atoms with Crippen LogP contribution in [0, 0.1) is 0 Å². The first-order chi connectivity index (χ1) is 10.1. The summed E-state index contributed by atoms with van der Waals surface area (Å²) in [6, 6.07) is 7.01. The van der Waals surface area contributed by atoms with E-state index < -0.39 is 5.97 Å². The van der Waals surface area contributed by atoms with E-state index in [2.05, 4.69) is 26.0 Å². The van der Waals surface area contributed by atoms with Gasteiger partial charge >= 0.3 is 5.97 Å². The molecule has 0 aliphatic heterocycles. The summed E-state index contributed by atoms with van der Waals surface area (Å²) in [5, 5.41) is 14.2. The van der Waals surface area contributed by atoms with Crippen LogP contribution in [-0.4, -0.2) is 25.8 Å². The third kappa shape index (κ3) is 2.54. The Balaban J connectivity index is 2.25. The second-order valence-electron chi connectivity index (χ2n) is 4.61. The molecule has 6 heteroatoms. The van der Waals surface area contributed by atoms with Gasteiger partial charge in [-0.15, -0.1) is 0 Å². The number of fused-ring (bicyclic) bond motifs is 1. The minimum atomic E-state index is -0.968. The zero-order valence-electron chi connectivity index (χ0n) is 11.2. The lowest BCUT2D eigenvalue weighted by Gasteiger charge is -2.06.